The number of aldehydes is 1. The minimum Gasteiger partial charge on any atom is -0.480 e. The lowest BCUT2D eigenvalue weighted by atomic mass is 9.46. The second-order valence-electron chi connectivity index (χ2n) is 10.8. The van der Waals surface area contributed by atoms with E-state index in [-0.39, 0.29) is 12.7 Å². The van der Waals surface area contributed by atoms with E-state index in [2.05, 4.69) is 0 Å². The summed E-state index contributed by atoms with van der Waals surface area (Å²) in [5.74, 6) is -4.72. The fourth-order valence-corrected chi connectivity index (χ4v) is 5.66. The van der Waals surface area contributed by atoms with Gasteiger partial charge in [0, 0.05) is 18.4 Å². The molecule has 1 rings (SSSR count). The summed E-state index contributed by atoms with van der Waals surface area (Å²) in [6, 6.07) is 0. The van der Waals surface area contributed by atoms with Crippen LogP contribution >= 0.6 is 0 Å². The maximum absolute atomic E-state index is 13.9. The van der Waals surface area contributed by atoms with Crippen molar-refractivity contribution in [2.75, 3.05) is 6.54 Å². The number of ether oxygens (including phenoxy) is 1. The van der Waals surface area contributed by atoms with E-state index in [0.29, 0.717) is 19.3 Å². The van der Waals surface area contributed by atoms with Crippen molar-refractivity contribution < 1.29 is 29.0 Å². The first-order valence-corrected chi connectivity index (χ1v) is 12.4. The van der Waals surface area contributed by atoms with E-state index in [4.69, 9.17) is 21.9 Å². The van der Waals surface area contributed by atoms with E-state index in [1.165, 1.54) is 6.92 Å². The number of esters is 1. The van der Waals surface area contributed by atoms with Gasteiger partial charge in [0.1, 0.15) is 5.60 Å². The molecule has 4 atom stereocenters. The van der Waals surface area contributed by atoms with Crippen molar-refractivity contribution in [3.8, 4) is 0 Å². The quantitative estimate of drug-likeness (QED) is 0.132. The third kappa shape index (κ3) is 5.52. The van der Waals surface area contributed by atoms with Crippen LogP contribution in [0.3, 0.4) is 0 Å². The van der Waals surface area contributed by atoms with E-state index in [1.54, 1.807) is 20.8 Å². The molecule has 9 nitrogen and oxygen atoms in total. The van der Waals surface area contributed by atoms with Crippen LogP contribution < -0.4 is 17.2 Å². The van der Waals surface area contributed by atoms with Crippen LogP contribution in [0.15, 0.2) is 0 Å². The Morgan fingerprint density at radius 1 is 1.09 bits per heavy atom. The molecule has 0 aromatic rings. The van der Waals surface area contributed by atoms with Crippen LogP contribution in [0.25, 0.3) is 0 Å². The van der Waals surface area contributed by atoms with Gasteiger partial charge in [-0.05, 0) is 52.9 Å². The molecule has 0 aromatic heterocycles. The lowest BCUT2D eigenvalue weighted by molar-refractivity contribution is -0.178. The van der Waals surface area contributed by atoms with Crippen LogP contribution in [-0.2, 0) is 23.9 Å². The molecule has 34 heavy (non-hydrogen) atoms. The number of hydrogen-bond acceptors (Lipinski definition) is 8. The lowest BCUT2D eigenvalue weighted by Crippen LogP contribution is -2.82. The predicted octanol–water partition coefficient (Wildman–Crippen LogP) is 2.32. The lowest BCUT2D eigenvalue weighted by Gasteiger charge is -2.58. The number of aliphatic carboxylic acids is 1. The van der Waals surface area contributed by atoms with Crippen LogP contribution in [0.4, 0.5) is 0 Å². The van der Waals surface area contributed by atoms with Crippen LogP contribution in [-0.4, -0.2) is 52.3 Å². The molecule has 0 heterocycles. The zero-order valence-electron chi connectivity index (χ0n) is 21.5. The second-order valence-corrected chi connectivity index (χ2v) is 10.8. The van der Waals surface area contributed by atoms with Crippen molar-refractivity contribution in [1.29, 1.82) is 0 Å². The van der Waals surface area contributed by atoms with Gasteiger partial charge in [-0.15, -0.1) is 0 Å². The highest BCUT2D eigenvalue weighted by molar-refractivity contribution is 6.03. The number of carboxylic acid groups (broad SMARTS) is 1. The van der Waals surface area contributed by atoms with Gasteiger partial charge < -0.3 is 31.8 Å². The molecule has 0 radical (unpaired) electrons. The zero-order chi connectivity index (χ0) is 26.4. The number of hydrogen-bond donors (Lipinski definition) is 4. The smallest absolute Gasteiger partial charge is 0.331 e. The highest BCUT2D eigenvalue weighted by Crippen LogP contribution is 2.53. The van der Waals surface area contributed by atoms with E-state index >= 15 is 0 Å². The Labute approximate surface area is 203 Å². The molecule has 7 N–H and O–H groups in total. The number of rotatable bonds is 13. The molecular weight excluding hydrogens is 438 g/mol. The normalized spacial score (nSPS) is 21.4. The second kappa shape index (κ2) is 11.7. The summed E-state index contributed by atoms with van der Waals surface area (Å²) in [5, 5.41) is 10.2. The minimum atomic E-state index is -2.57. The van der Waals surface area contributed by atoms with Gasteiger partial charge in [-0.25, -0.2) is 4.79 Å². The molecule has 1 fully saturated rings. The van der Waals surface area contributed by atoms with Gasteiger partial charge >= 0.3 is 11.9 Å². The topological polar surface area (TPSA) is 176 Å². The summed E-state index contributed by atoms with van der Waals surface area (Å²) in [6.07, 6.45) is 5.69. The number of Topliss-reactive ketones (excluding diaryl/α,β-unsaturated/α-hetero) is 1. The molecule has 4 unspecified atom stereocenters. The Morgan fingerprint density at radius 2 is 1.65 bits per heavy atom. The van der Waals surface area contributed by atoms with Gasteiger partial charge in [-0.1, -0.05) is 39.0 Å². The van der Waals surface area contributed by atoms with Crippen molar-refractivity contribution >= 4 is 24.0 Å². The first-order chi connectivity index (χ1) is 15.7. The van der Waals surface area contributed by atoms with E-state index in [1.807, 2.05) is 6.92 Å². The van der Waals surface area contributed by atoms with Gasteiger partial charge in [0.2, 0.25) is 0 Å². The molecule has 0 saturated heterocycles. The van der Waals surface area contributed by atoms with Crippen LogP contribution in [0.2, 0.25) is 0 Å². The summed E-state index contributed by atoms with van der Waals surface area (Å²) in [5.41, 5.74) is 12.2. The molecule has 9 heteroatoms. The Balaban J connectivity index is 3.92. The van der Waals surface area contributed by atoms with E-state index < -0.39 is 58.2 Å². The average Bonchev–Trinajstić information content (AvgIpc) is 2.78. The molecule has 0 aromatic carbocycles. The van der Waals surface area contributed by atoms with Gasteiger partial charge in [0.25, 0.3) is 0 Å². The fraction of sp³-hybridized carbons (Fsp3) is 0.840. The summed E-state index contributed by atoms with van der Waals surface area (Å²) in [4.78, 5) is 52.2. The molecule has 196 valence electrons. The fourth-order valence-electron chi connectivity index (χ4n) is 5.66. The number of ketones is 1. The van der Waals surface area contributed by atoms with Crippen molar-refractivity contribution in [3.05, 3.63) is 0 Å². The molecular formula is C25H45N3O6. The zero-order valence-corrected chi connectivity index (χ0v) is 21.5. The predicted molar refractivity (Wildman–Crippen MR) is 130 cm³/mol. The van der Waals surface area contributed by atoms with Crippen molar-refractivity contribution in [2.45, 2.75) is 109 Å². The Kier molecular flexibility index (Phi) is 10.4. The Morgan fingerprint density at radius 3 is 2.06 bits per heavy atom. The average molecular weight is 484 g/mol. The number of nitrogens with two attached hydrogens (primary N) is 3. The number of carbonyl (C=O) groups excluding carboxylic acids is 3. The van der Waals surface area contributed by atoms with Gasteiger partial charge in [-0.3, -0.25) is 9.59 Å². The number of carbonyl (C=O) groups is 4. The SMILES string of the molecule is CCCCCC(=O)C(N)(C(C)C(=O)OC(C)(C)C)C(CN)(C1CCCCC1)C(N)(C=O)C(=O)O. The number of unbranched alkanes of at least 4 members (excludes halogenated alkanes) is 2. The summed E-state index contributed by atoms with van der Waals surface area (Å²) in [7, 11) is 0. The summed E-state index contributed by atoms with van der Waals surface area (Å²) < 4.78 is 5.57. The maximum Gasteiger partial charge on any atom is 0.331 e. The van der Waals surface area contributed by atoms with Gasteiger partial charge in [-0.2, -0.15) is 0 Å². The molecule has 1 saturated carbocycles. The molecule has 0 aliphatic heterocycles. The van der Waals surface area contributed by atoms with Crippen LogP contribution in [0, 0.1) is 17.3 Å². The van der Waals surface area contributed by atoms with Crippen molar-refractivity contribution in [1.82, 2.24) is 0 Å². The van der Waals surface area contributed by atoms with Crippen molar-refractivity contribution in [2.24, 2.45) is 34.5 Å². The highest BCUT2D eigenvalue weighted by Gasteiger charge is 2.71. The Hall–Kier alpha value is -1.84. The minimum absolute atomic E-state index is 0.0144. The third-order valence-corrected chi connectivity index (χ3v) is 7.55. The van der Waals surface area contributed by atoms with Gasteiger partial charge in [0.15, 0.2) is 17.6 Å². The monoisotopic (exact) mass is 483 g/mol. The third-order valence-electron chi connectivity index (χ3n) is 7.55. The molecule has 0 amide bonds. The number of carboxylic acids is 1. The molecule has 1 aliphatic rings. The molecule has 1 aliphatic carbocycles. The Bertz CT molecular complexity index is 745. The van der Waals surface area contributed by atoms with E-state index in [0.717, 1.165) is 32.1 Å². The van der Waals surface area contributed by atoms with Crippen molar-refractivity contribution in [3.63, 3.8) is 0 Å². The van der Waals surface area contributed by atoms with Crippen LogP contribution in [0.5, 0.6) is 0 Å². The standard InChI is InChI=1S/C25H45N3O6/c1-6-7-9-14-19(30)25(28,17(2)20(31)34-22(3,4)5)23(15-26,18-12-10-8-11-13-18)24(27,16-29)21(32)33/h16-18H,6-15,26-28H2,1-5H3,(H,32,33). The highest BCUT2D eigenvalue weighted by atomic mass is 16.6. The molecule has 0 spiro atoms. The molecule has 0 bridgehead atoms. The first kappa shape index (κ1) is 30.2. The first-order valence-electron chi connectivity index (χ1n) is 12.4. The maximum atomic E-state index is 13.9. The summed E-state index contributed by atoms with van der Waals surface area (Å²) >= 11 is 0. The van der Waals surface area contributed by atoms with E-state index in [9.17, 15) is 24.3 Å². The summed E-state index contributed by atoms with van der Waals surface area (Å²) in [6.45, 7) is 8.05. The largest absolute Gasteiger partial charge is 0.480 e. The van der Waals surface area contributed by atoms with Crippen LogP contribution in [0.1, 0.15) is 92.4 Å². The van der Waals surface area contributed by atoms with Gasteiger partial charge in [0.05, 0.1) is 11.5 Å².